The van der Waals surface area contributed by atoms with E-state index in [1.165, 1.54) is 0 Å². The van der Waals surface area contributed by atoms with Crippen LogP contribution in [0.15, 0.2) is 21.5 Å². The molecule has 1 saturated heterocycles. The van der Waals surface area contributed by atoms with Gasteiger partial charge in [0.05, 0.1) is 21.8 Å². The van der Waals surface area contributed by atoms with Crippen LogP contribution >= 0.6 is 15.9 Å². The number of benzene rings is 1. The summed E-state index contributed by atoms with van der Waals surface area (Å²) < 4.78 is 46.2. The molecule has 1 aliphatic rings. The highest BCUT2D eigenvalue weighted by Crippen LogP contribution is 2.30. The zero-order valence-corrected chi connectivity index (χ0v) is 13.5. The molecule has 20 heavy (non-hydrogen) atoms. The summed E-state index contributed by atoms with van der Waals surface area (Å²) in [7, 11) is -3.86. The van der Waals surface area contributed by atoms with Crippen LogP contribution in [0.4, 0.5) is 10.1 Å². The molecule has 0 bridgehead atoms. The van der Waals surface area contributed by atoms with E-state index in [-0.39, 0.29) is 21.2 Å². The van der Waals surface area contributed by atoms with Gasteiger partial charge in [0.25, 0.3) is 0 Å². The van der Waals surface area contributed by atoms with Gasteiger partial charge in [0.2, 0.25) is 10.0 Å². The topological polar surface area (TPSA) is 81.4 Å². The fourth-order valence-electron chi connectivity index (χ4n) is 2.11. The number of nitrogens with one attached hydrogen (secondary N) is 1. The van der Waals surface area contributed by atoms with E-state index in [2.05, 4.69) is 20.7 Å². The van der Waals surface area contributed by atoms with Gasteiger partial charge in [-0.3, -0.25) is 0 Å². The van der Waals surface area contributed by atoms with Gasteiger partial charge in [-0.05, 0) is 48.3 Å². The third kappa shape index (κ3) is 2.83. The van der Waals surface area contributed by atoms with Gasteiger partial charge >= 0.3 is 0 Å². The van der Waals surface area contributed by atoms with Gasteiger partial charge in [-0.1, -0.05) is 0 Å². The lowest BCUT2D eigenvalue weighted by atomic mass is 9.97. The van der Waals surface area contributed by atoms with Crippen molar-refractivity contribution in [1.29, 1.82) is 0 Å². The zero-order valence-electron chi connectivity index (χ0n) is 11.1. The molecule has 8 heteroatoms. The molecule has 0 amide bonds. The van der Waals surface area contributed by atoms with Crippen LogP contribution < -0.4 is 10.5 Å². The molecule has 0 aliphatic carbocycles. The number of hydrogen-bond donors (Lipinski definition) is 2. The second-order valence-electron chi connectivity index (χ2n) is 5.09. The standard InChI is InChI=1S/C12H16BrFN2O3S/c1-7-12(2,3-4-19-7)16-20(17,18)11-5-8(13)9(14)6-10(11)15/h5-7,16H,3-4,15H2,1-2H3. The summed E-state index contributed by atoms with van der Waals surface area (Å²) in [6.07, 6.45) is 0.317. The normalized spacial score (nSPS) is 26.9. The summed E-state index contributed by atoms with van der Waals surface area (Å²) >= 11 is 2.96. The van der Waals surface area contributed by atoms with Crippen LogP contribution in [0.5, 0.6) is 0 Å². The predicted molar refractivity (Wildman–Crippen MR) is 77.3 cm³/mol. The van der Waals surface area contributed by atoms with Gasteiger partial charge < -0.3 is 10.5 Å². The Morgan fingerprint density at radius 3 is 2.75 bits per heavy atom. The highest BCUT2D eigenvalue weighted by molar-refractivity contribution is 9.10. The highest BCUT2D eigenvalue weighted by Gasteiger charge is 2.41. The van der Waals surface area contributed by atoms with Crippen molar-refractivity contribution in [3.63, 3.8) is 0 Å². The predicted octanol–water partition coefficient (Wildman–Crippen LogP) is 2.02. The number of rotatable bonds is 3. The molecule has 1 aliphatic heterocycles. The van der Waals surface area contributed by atoms with Crippen molar-refractivity contribution < 1.29 is 17.5 Å². The van der Waals surface area contributed by atoms with Crippen molar-refractivity contribution in [2.24, 2.45) is 0 Å². The molecule has 2 rings (SSSR count). The molecule has 3 N–H and O–H groups in total. The lowest BCUT2D eigenvalue weighted by molar-refractivity contribution is 0.0957. The van der Waals surface area contributed by atoms with Crippen molar-refractivity contribution in [3.8, 4) is 0 Å². The Morgan fingerprint density at radius 2 is 2.20 bits per heavy atom. The van der Waals surface area contributed by atoms with Gasteiger partial charge in [-0.2, -0.15) is 0 Å². The van der Waals surface area contributed by atoms with E-state index in [9.17, 15) is 12.8 Å². The highest BCUT2D eigenvalue weighted by atomic mass is 79.9. The van der Waals surface area contributed by atoms with Crippen LogP contribution in [0.25, 0.3) is 0 Å². The first-order valence-electron chi connectivity index (χ1n) is 6.06. The molecule has 112 valence electrons. The fraction of sp³-hybridized carbons (Fsp3) is 0.500. The first-order valence-corrected chi connectivity index (χ1v) is 8.33. The smallest absolute Gasteiger partial charge is 0.243 e. The third-order valence-electron chi connectivity index (χ3n) is 3.60. The minimum absolute atomic E-state index is 0.0490. The summed E-state index contributed by atoms with van der Waals surface area (Å²) in [5, 5.41) is 0. The van der Waals surface area contributed by atoms with Crippen LogP contribution in [0, 0.1) is 5.82 Å². The molecule has 1 heterocycles. The van der Waals surface area contributed by atoms with Crippen molar-refractivity contribution >= 4 is 31.6 Å². The number of nitrogens with two attached hydrogens (primary N) is 1. The van der Waals surface area contributed by atoms with E-state index < -0.39 is 21.4 Å². The lowest BCUT2D eigenvalue weighted by Gasteiger charge is -2.28. The Balaban J connectivity index is 2.39. The number of hydrogen-bond acceptors (Lipinski definition) is 4. The molecule has 0 radical (unpaired) electrons. The van der Waals surface area contributed by atoms with E-state index in [0.29, 0.717) is 13.0 Å². The molecule has 2 unspecified atom stereocenters. The monoisotopic (exact) mass is 366 g/mol. The molecular formula is C12H16BrFN2O3S. The summed E-state index contributed by atoms with van der Waals surface area (Å²) in [5.41, 5.74) is 4.78. The second-order valence-corrected chi connectivity index (χ2v) is 7.60. The van der Waals surface area contributed by atoms with E-state index >= 15 is 0 Å². The van der Waals surface area contributed by atoms with Gasteiger partial charge in [-0.25, -0.2) is 17.5 Å². The largest absolute Gasteiger partial charge is 0.398 e. The number of ether oxygens (including phenoxy) is 1. The number of anilines is 1. The molecule has 0 aromatic heterocycles. The van der Waals surface area contributed by atoms with Crippen LogP contribution in [0.2, 0.25) is 0 Å². The fourth-order valence-corrected chi connectivity index (χ4v) is 4.24. The summed E-state index contributed by atoms with van der Waals surface area (Å²) in [6, 6.07) is 2.15. The van der Waals surface area contributed by atoms with Gasteiger partial charge in [0, 0.05) is 6.61 Å². The van der Waals surface area contributed by atoms with Gasteiger partial charge in [0.1, 0.15) is 10.7 Å². The van der Waals surface area contributed by atoms with E-state index in [1.54, 1.807) is 13.8 Å². The molecule has 5 nitrogen and oxygen atoms in total. The number of nitrogen functional groups attached to an aromatic ring is 1. The Bertz CT molecular complexity index is 638. The molecule has 0 saturated carbocycles. The molecule has 1 aromatic rings. The molecular weight excluding hydrogens is 351 g/mol. The Morgan fingerprint density at radius 1 is 1.55 bits per heavy atom. The minimum Gasteiger partial charge on any atom is -0.398 e. The summed E-state index contributed by atoms with van der Waals surface area (Å²) in [5.74, 6) is -0.606. The quantitative estimate of drug-likeness (QED) is 0.801. The SMILES string of the molecule is CC1OCCC1(C)NS(=O)(=O)c1cc(Br)c(F)cc1N. The molecule has 0 spiro atoms. The van der Waals surface area contributed by atoms with E-state index in [0.717, 1.165) is 12.1 Å². The van der Waals surface area contributed by atoms with Crippen molar-refractivity contribution in [3.05, 3.63) is 22.4 Å². The summed E-state index contributed by atoms with van der Waals surface area (Å²) in [4.78, 5) is -0.147. The van der Waals surface area contributed by atoms with Crippen LogP contribution in [-0.2, 0) is 14.8 Å². The van der Waals surface area contributed by atoms with E-state index in [1.807, 2.05) is 0 Å². The van der Waals surface area contributed by atoms with Crippen molar-refractivity contribution in [1.82, 2.24) is 4.72 Å². The molecule has 1 fully saturated rings. The Labute approximate surface area is 125 Å². The maximum atomic E-state index is 13.3. The average molecular weight is 367 g/mol. The number of halogens is 2. The Kier molecular flexibility index (Phi) is 4.12. The zero-order chi connectivity index (χ0) is 15.1. The summed E-state index contributed by atoms with van der Waals surface area (Å²) in [6.45, 7) is 4.07. The first kappa shape index (κ1) is 15.7. The second kappa shape index (κ2) is 5.25. The maximum absolute atomic E-state index is 13.3. The van der Waals surface area contributed by atoms with Crippen LogP contribution in [0.1, 0.15) is 20.3 Å². The molecule has 1 aromatic carbocycles. The Hall–Kier alpha value is -0.700. The number of sulfonamides is 1. The molecule has 2 atom stereocenters. The maximum Gasteiger partial charge on any atom is 0.243 e. The van der Waals surface area contributed by atoms with Crippen LogP contribution in [-0.4, -0.2) is 26.7 Å². The van der Waals surface area contributed by atoms with Crippen LogP contribution in [0.3, 0.4) is 0 Å². The first-order chi connectivity index (χ1) is 9.16. The average Bonchev–Trinajstić information content (AvgIpc) is 2.63. The van der Waals surface area contributed by atoms with E-state index in [4.69, 9.17) is 10.5 Å². The van der Waals surface area contributed by atoms with Gasteiger partial charge in [0.15, 0.2) is 0 Å². The minimum atomic E-state index is -3.86. The van der Waals surface area contributed by atoms with Gasteiger partial charge in [-0.15, -0.1) is 0 Å². The van der Waals surface area contributed by atoms with Crippen molar-refractivity contribution in [2.45, 2.75) is 36.8 Å². The van der Waals surface area contributed by atoms with Crippen molar-refractivity contribution in [2.75, 3.05) is 12.3 Å². The lowest BCUT2D eigenvalue weighted by Crippen LogP contribution is -2.50. The third-order valence-corrected chi connectivity index (χ3v) is 5.87.